The highest BCUT2D eigenvalue weighted by Crippen LogP contribution is 2.22. The summed E-state index contributed by atoms with van der Waals surface area (Å²) in [4.78, 5) is 0. The predicted molar refractivity (Wildman–Crippen MR) is 70.6 cm³/mol. The highest BCUT2D eigenvalue weighted by molar-refractivity contribution is 6.33. The van der Waals surface area contributed by atoms with Crippen molar-refractivity contribution in [2.45, 2.75) is 6.54 Å². The molecule has 0 heterocycles. The van der Waals surface area contributed by atoms with Gasteiger partial charge in [-0.1, -0.05) is 36.4 Å². The molecule has 0 fully saturated rings. The van der Waals surface area contributed by atoms with Crippen LogP contribution in [0, 0.1) is 0 Å². The molecule has 0 aliphatic carbocycles. The van der Waals surface area contributed by atoms with Gasteiger partial charge >= 0.3 is 7.32 Å². The van der Waals surface area contributed by atoms with Crippen molar-refractivity contribution >= 4 is 7.32 Å². The zero-order valence-electron chi connectivity index (χ0n) is 9.78. The highest BCUT2D eigenvalue weighted by Gasteiger charge is 2.10. The van der Waals surface area contributed by atoms with E-state index < -0.39 is 7.32 Å². The molecule has 92 valence electrons. The van der Waals surface area contributed by atoms with E-state index in [1.54, 1.807) is 12.1 Å². The van der Waals surface area contributed by atoms with Crippen molar-refractivity contribution < 1.29 is 14.7 Å². The maximum Gasteiger partial charge on any atom is 0.707 e. The first-order valence-corrected chi connectivity index (χ1v) is 5.61. The van der Waals surface area contributed by atoms with E-state index in [-0.39, 0.29) is 0 Å². The number of hydrogen-bond acceptors (Lipinski definition) is 4. The van der Waals surface area contributed by atoms with Crippen LogP contribution in [0.15, 0.2) is 48.5 Å². The fourth-order valence-electron chi connectivity index (χ4n) is 1.68. The van der Waals surface area contributed by atoms with Gasteiger partial charge in [0.15, 0.2) is 0 Å². The normalized spacial score (nSPS) is 10.2. The molecule has 2 aromatic carbocycles. The van der Waals surface area contributed by atoms with Crippen LogP contribution in [0.4, 0.5) is 0 Å². The second-order valence-electron chi connectivity index (χ2n) is 3.87. The SMILES string of the molecule is NCc1ccc(-c2ccc(OB(O)O)cc2)cc1. The van der Waals surface area contributed by atoms with Gasteiger partial charge < -0.3 is 20.4 Å². The van der Waals surface area contributed by atoms with E-state index >= 15 is 0 Å². The van der Waals surface area contributed by atoms with Crippen LogP contribution in [-0.4, -0.2) is 17.4 Å². The summed E-state index contributed by atoms with van der Waals surface area (Å²) in [6.45, 7) is 0.529. The van der Waals surface area contributed by atoms with E-state index in [4.69, 9.17) is 20.4 Å². The highest BCUT2D eigenvalue weighted by atomic mass is 16.6. The Morgan fingerprint density at radius 1 is 0.889 bits per heavy atom. The van der Waals surface area contributed by atoms with Crippen LogP contribution in [0.25, 0.3) is 11.1 Å². The van der Waals surface area contributed by atoms with E-state index in [2.05, 4.69) is 0 Å². The van der Waals surface area contributed by atoms with Crippen molar-refractivity contribution in [3.05, 3.63) is 54.1 Å². The monoisotopic (exact) mass is 243 g/mol. The van der Waals surface area contributed by atoms with Gasteiger partial charge in [0, 0.05) is 6.54 Å². The van der Waals surface area contributed by atoms with Crippen molar-refractivity contribution in [3.8, 4) is 16.9 Å². The summed E-state index contributed by atoms with van der Waals surface area (Å²) >= 11 is 0. The average Bonchev–Trinajstić information content (AvgIpc) is 2.39. The van der Waals surface area contributed by atoms with Crippen LogP contribution in [0.5, 0.6) is 5.75 Å². The third kappa shape index (κ3) is 3.10. The van der Waals surface area contributed by atoms with Crippen LogP contribution in [0.3, 0.4) is 0 Å². The predicted octanol–water partition coefficient (Wildman–Crippen LogP) is 1.16. The lowest BCUT2D eigenvalue weighted by molar-refractivity contribution is 0.288. The Hall–Kier alpha value is -1.82. The summed E-state index contributed by atoms with van der Waals surface area (Å²) in [7, 11) is -1.79. The van der Waals surface area contributed by atoms with Crippen molar-refractivity contribution in [2.24, 2.45) is 5.73 Å². The molecule has 0 saturated carbocycles. The Morgan fingerprint density at radius 3 is 1.83 bits per heavy atom. The van der Waals surface area contributed by atoms with Gasteiger partial charge in [-0.2, -0.15) is 0 Å². The molecule has 0 saturated heterocycles. The first kappa shape index (κ1) is 12.6. The summed E-state index contributed by atoms with van der Waals surface area (Å²) in [5.41, 5.74) is 8.72. The van der Waals surface area contributed by atoms with Crippen molar-refractivity contribution in [1.82, 2.24) is 0 Å². The smallest absolute Gasteiger partial charge is 0.512 e. The maximum atomic E-state index is 8.67. The van der Waals surface area contributed by atoms with Crippen LogP contribution in [0.1, 0.15) is 5.56 Å². The Morgan fingerprint density at radius 2 is 1.39 bits per heavy atom. The topological polar surface area (TPSA) is 75.7 Å². The minimum absolute atomic E-state index is 0.410. The number of benzene rings is 2. The summed E-state index contributed by atoms with van der Waals surface area (Å²) < 4.78 is 4.74. The Bertz CT molecular complexity index is 497. The molecule has 2 rings (SSSR count). The molecule has 0 aliphatic rings. The average molecular weight is 243 g/mol. The minimum atomic E-state index is -1.79. The molecular formula is C13H14BNO3. The molecule has 0 aromatic heterocycles. The Kier molecular flexibility index (Phi) is 3.99. The molecule has 0 amide bonds. The van der Waals surface area contributed by atoms with E-state index in [1.807, 2.05) is 36.4 Å². The lowest BCUT2D eigenvalue weighted by Gasteiger charge is -2.06. The van der Waals surface area contributed by atoms with E-state index in [1.165, 1.54) is 0 Å². The minimum Gasteiger partial charge on any atom is -0.512 e. The fourth-order valence-corrected chi connectivity index (χ4v) is 1.68. The summed E-state index contributed by atoms with van der Waals surface area (Å²) in [5.74, 6) is 0.410. The maximum absolute atomic E-state index is 8.67. The molecule has 2 aromatic rings. The molecule has 18 heavy (non-hydrogen) atoms. The number of hydrogen-bond donors (Lipinski definition) is 3. The molecule has 0 spiro atoms. The quantitative estimate of drug-likeness (QED) is 0.704. The molecule has 0 bridgehead atoms. The molecule has 4 nitrogen and oxygen atoms in total. The molecular weight excluding hydrogens is 229 g/mol. The Balaban J connectivity index is 2.17. The van der Waals surface area contributed by atoms with Gasteiger partial charge in [0.1, 0.15) is 5.75 Å². The lowest BCUT2D eigenvalue weighted by Crippen LogP contribution is -2.20. The van der Waals surface area contributed by atoms with Gasteiger partial charge in [-0.3, -0.25) is 0 Å². The summed E-state index contributed by atoms with van der Waals surface area (Å²) in [5, 5.41) is 17.3. The van der Waals surface area contributed by atoms with Gasteiger partial charge in [-0.25, -0.2) is 0 Å². The zero-order chi connectivity index (χ0) is 13.0. The number of rotatable bonds is 4. The van der Waals surface area contributed by atoms with Gasteiger partial charge in [0.05, 0.1) is 0 Å². The van der Waals surface area contributed by atoms with E-state index in [0.717, 1.165) is 16.7 Å². The second-order valence-corrected chi connectivity index (χ2v) is 3.87. The van der Waals surface area contributed by atoms with Crippen LogP contribution < -0.4 is 10.4 Å². The van der Waals surface area contributed by atoms with Crippen LogP contribution in [-0.2, 0) is 6.54 Å². The van der Waals surface area contributed by atoms with E-state index in [0.29, 0.717) is 12.3 Å². The first-order chi connectivity index (χ1) is 8.69. The largest absolute Gasteiger partial charge is 0.707 e. The first-order valence-electron chi connectivity index (χ1n) is 5.61. The van der Waals surface area contributed by atoms with Gasteiger partial charge in [-0.15, -0.1) is 0 Å². The summed E-state index contributed by atoms with van der Waals surface area (Å²) in [6, 6.07) is 15.0. The third-order valence-corrected chi connectivity index (χ3v) is 2.62. The fraction of sp³-hybridized carbons (Fsp3) is 0.0769. The van der Waals surface area contributed by atoms with Crippen LogP contribution >= 0.6 is 0 Å². The van der Waals surface area contributed by atoms with Crippen molar-refractivity contribution in [3.63, 3.8) is 0 Å². The third-order valence-electron chi connectivity index (χ3n) is 2.62. The lowest BCUT2D eigenvalue weighted by atomic mass is 10.0. The molecule has 4 N–H and O–H groups in total. The van der Waals surface area contributed by atoms with Gasteiger partial charge in [0.25, 0.3) is 0 Å². The van der Waals surface area contributed by atoms with Crippen LogP contribution in [0.2, 0.25) is 0 Å². The summed E-state index contributed by atoms with van der Waals surface area (Å²) in [6.07, 6.45) is 0. The molecule has 0 aliphatic heterocycles. The molecule has 5 heteroatoms. The van der Waals surface area contributed by atoms with Crippen molar-refractivity contribution in [2.75, 3.05) is 0 Å². The molecule has 0 radical (unpaired) electrons. The van der Waals surface area contributed by atoms with Crippen molar-refractivity contribution in [1.29, 1.82) is 0 Å². The van der Waals surface area contributed by atoms with E-state index in [9.17, 15) is 0 Å². The standard InChI is InChI=1S/C13H14BNO3/c15-9-10-1-3-11(4-2-10)12-5-7-13(8-6-12)18-14(16)17/h1-8,16-17H,9,15H2. The Labute approximate surface area is 106 Å². The van der Waals surface area contributed by atoms with Gasteiger partial charge in [0.2, 0.25) is 0 Å². The molecule has 0 unspecified atom stereocenters. The molecule has 0 atom stereocenters. The second kappa shape index (κ2) is 5.68. The van der Waals surface area contributed by atoms with Gasteiger partial charge in [-0.05, 0) is 28.8 Å². The number of nitrogens with two attached hydrogens (primary N) is 1. The zero-order valence-corrected chi connectivity index (χ0v) is 9.78.